The number of ether oxygens (including phenoxy) is 2. The molecule has 0 aliphatic carbocycles. The third-order valence-electron chi connectivity index (χ3n) is 5.29. The van der Waals surface area contributed by atoms with Crippen LogP contribution in [0.25, 0.3) is 0 Å². The van der Waals surface area contributed by atoms with Gasteiger partial charge in [0.05, 0.1) is 23.3 Å². The highest BCUT2D eigenvalue weighted by atomic mass is 16.5. The number of nitrogens with one attached hydrogen (secondary N) is 1. The van der Waals surface area contributed by atoms with Gasteiger partial charge in [-0.25, -0.2) is 9.59 Å². The van der Waals surface area contributed by atoms with Crippen LogP contribution < -0.4 is 5.32 Å². The fraction of sp³-hybridized carbons (Fsp3) is 0.346. The molecule has 2 aromatic carbocycles. The SMILES string of the molecule is CCCOC(=O)c1ccc(NC(=O)COC(=O)[C@@H](CC(C)C)N2C(=O)c3ccccc3C2=O)cc1. The Morgan fingerprint density at radius 1 is 0.914 bits per heavy atom. The molecular weight excluding hydrogens is 452 g/mol. The zero-order valence-electron chi connectivity index (χ0n) is 19.9. The topological polar surface area (TPSA) is 119 Å². The van der Waals surface area contributed by atoms with Crippen LogP contribution in [0.15, 0.2) is 48.5 Å². The summed E-state index contributed by atoms with van der Waals surface area (Å²) in [6, 6.07) is 11.3. The lowest BCUT2D eigenvalue weighted by Crippen LogP contribution is -2.46. The molecule has 0 bridgehead atoms. The summed E-state index contributed by atoms with van der Waals surface area (Å²) in [7, 11) is 0. The lowest BCUT2D eigenvalue weighted by atomic mass is 10.0. The van der Waals surface area contributed by atoms with E-state index in [0.717, 1.165) is 4.90 Å². The average Bonchev–Trinajstić information content (AvgIpc) is 3.09. The van der Waals surface area contributed by atoms with E-state index >= 15 is 0 Å². The van der Waals surface area contributed by atoms with E-state index in [-0.39, 0.29) is 23.5 Å². The van der Waals surface area contributed by atoms with Gasteiger partial charge in [-0.1, -0.05) is 32.9 Å². The van der Waals surface area contributed by atoms with E-state index in [1.807, 2.05) is 20.8 Å². The molecule has 3 amide bonds. The maximum atomic E-state index is 12.9. The normalized spacial score (nSPS) is 13.4. The summed E-state index contributed by atoms with van der Waals surface area (Å²) in [5.41, 5.74) is 1.22. The highest BCUT2D eigenvalue weighted by Gasteiger charge is 2.43. The number of carbonyl (C=O) groups excluding carboxylic acids is 5. The molecule has 0 aromatic heterocycles. The molecular formula is C26H28N2O7. The summed E-state index contributed by atoms with van der Waals surface area (Å²) < 4.78 is 10.2. The monoisotopic (exact) mass is 480 g/mol. The first-order valence-electron chi connectivity index (χ1n) is 11.4. The predicted molar refractivity (Wildman–Crippen MR) is 127 cm³/mol. The Morgan fingerprint density at radius 2 is 1.51 bits per heavy atom. The Bertz CT molecular complexity index is 1090. The van der Waals surface area contributed by atoms with Gasteiger partial charge in [0.25, 0.3) is 17.7 Å². The first-order chi connectivity index (χ1) is 16.7. The van der Waals surface area contributed by atoms with Crippen LogP contribution in [-0.2, 0) is 19.1 Å². The van der Waals surface area contributed by atoms with Crippen molar-refractivity contribution in [1.82, 2.24) is 4.90 Å². The lowest BCUT2D eigenvalue weighted by molar-refractivity contribution is -0.151. The smallest absolute Gasteiger partial charge is 0.338 e. The molecule has 9 heteroatoms. The minimum Gasteiger partial charge on any atom is -0.462 e. The summed E-state index contributed by atoms with van der Waals surface area (Å²) in [5.74, 6) is -3.04. The second-order valence-corrected chi connectivity index (χ2v) is 8.54. The molecule has 184 valence electrons. The fourth-order valence-corrected chi connectivity index (χ4v) is 3.64. The van der Waals surface area contributed by atoms with Crippen molar-refractivity contribution >= 4 is 35.3 Å². The summed E-state index contributed by atoms with van der Waals surface area (Å²) in [5, 5.41) is 2.57. The number of benzene rings is 2. The van der Waals surface area contributed by atoms with Crippen molar-refractivity contribution in [1.29, 1.82) is 0 Å². The number of rotatable bonds is 10. The molecule has 1 aliphatic heterocycles. The number of carbonyl (C=O) groups is 5. The van der Waals surface area contributed by atoms with Crippen LogP contribution in [0.1, 0.15) is 64.7 Å². The van der Waals surface area contributed by atoms with Gasteiger partial charge in [0.2, 0.25) is 0 Å². The van der Waals surface area contributed by atoms with Gasteiger partial charge in [-0.05, 0) is 55.2 Å². The Balaban J connectivity index is 1.61. The van der Waals surface area contributed by atoms with Crippen molar-refractivity contribution in [3.8, 4) is 0 Å². The number of imide groups is 1. The molecule has 0 spiro atoms. The van der Waals surface area contributed by atoms with Crippen molar-refractivity contribution in [3.05, 3.63) is 65.2 Å². The number of hydrogen-bond acceptors (Lipinski definition) is 7. The molecule has 1 heterocycles. The third kappa shape index (κ3) is 6.11. The lowest BCUT2D eigenvalue weighted by Gasteiger charge is -2.25. The summed E-state index contributed by atoms with van der Waals surface area (Å²) in [6.45, 7) is 5.32. The van der Waals surface area contributed by atoms with Gasteiger partial charge in [0.1, 0.15) is 6.04 Å². The molecule has 0 saturated heterocycles. The Morgan fingerprint density at radius 3 is 2.06 bits per heavy atom. The fourth-order valence-electron chi connectivity index (χ4n) is 3.64. The number of hydrogen-bond donors (Lipinski definition) is 1. The van der Waals surface area contributed by atoms with E-state index < -0.39 is 42.3 Å². The van der Waals surface area contributed by atoms with Crippen molar-refractivity contribution in [3.63, 3.8) is 0 Å². The van der Waals surface area contributed by atoms with E-state index in [4.69, 9.17) is 9.47 Å². The van der Waals surface area contributed by atoms with Gasteiger partial charge in [-0.3, -0.25) is 19.3 Å². The van der Waals surface area contributed by atoms with Crippen LogP contribution >= 0.6 is 0 Å². The van der Waals surface area contributed by atoms with Gasteiger partial charge >= 0.3 is 11.9 Å². The second kappa shape index (κ2) is 11.4. The molecule has 1 N–H and O–H groups in total. The number of amides is 3. The molecule has 2 aromatic rings. The van der Waals surface area contributed by atoms with Crippen LogP contribution in [0.3, 0.4) is 0 Å². The summed E-state index contributed by atoms with van der Waals surface area (Å²) in [6.07, 6.45) is 0.908. The van der Waals surface area contributed by atoms with E-state index in [0.29, 0.717) is 24.3 Å². The van der Waals surface area contributed by atoms with Gasteiger partial charge < -0.3 is 14.8 Å². The van der Waals surface area contributed by atoms with E-state index in [2.05, 4.69) is 5.32 Å². The van der Waals surface area contributed by atoms with Gasteiger partial charge in [-0.15, -0.1) is 0 Å². The molecule has 3 rings (SSSR count). The standard InChI is InChI=1S/C26H28N2O7/c1-4-13-34-25(32)17-9-11-18(12-10-17)27-22(29)15-35-26(33)21(14-16(2)3)28-23(30)19-7-5-6-8-20(19)24(28)31/h5-12,16,21H,4,13-15H2,1-3H3,(H,27,29)/t21-/m1/s1. The Labute approximate surface area is 203 Å². The van der Waals surface area contributed by atoms with E-state index in [1.165, 1.54) is 36.4 Å². The number of esters is 2. The number of fused-ring (bicyclic) bond motifs is 1. The third-order valence-corrected chi connectivity index (χ3v) is 5.29. The van der Waals surface area contributed by atoms with Gasteiger partial charge in [0, 0.05) is 5.69 Å². The molecule has 0 fully saturated rings. The average molecular weight is 481 g/mol. The Kier molecular flexibility index (Phi) is 8.35. The highest BCUT2D eigenvalue weighted by Crippen LogP contribution is 2.27. The Hall–Kier alpha value is -4.01. The maximum absolute atomic E-state index is 12.9. The van der Waals surface area contributed by atoms with Crippen molar-refractivity contribution in [2.24, 2.45) is 5.92 Å². The summed E-state index contributed by atoms with van der Waals surface area (Å²) >= 11 is 0. The van der Waals surface area contributed by atoms with E-state index in [9.17, 15) is 24.0 Å². The first-order valence-corrected chi connectivity index (χ1v) is 11.4. The number of anilines is 1. The number of nitrogens with zero attached hydrogens (tertiary/aromatic N) is 1. The van der Waals surface area contributed by atoms with Crippen LogP contribution in [0, 0.1) is 5.92 Å². The summed E-state index contributed by atoms with van der Waals surface area (Å²) in [4.78, 5) is 63.6. The van der Waals surface area contributed by atoms with Crippen molar-refractivity contribution in [2.75, 3.05) is 18.5 Å². The van der Waals surface area contributed by atoms with Crippen LogP contribution in [0.2, 0.25) is 0 Å². The molecule has 0 radical (unpaired) electrons. The molecule has 1 aliphatic rings. The van der Waals surface area contributed by atoms with Crippen LogP contribution in [-0.4, -0.2) is 53.8 Å². The van der Waals surface area contributed by atoms with Crippen molar-refractivity contribution < 1.29 is 33.4 Å². The molecule has 0 saturated carbocycles. The van der Waals surface area contributed by atoms with Crippen molar-refractivity contribution in [2.45, 2.75) is 39.7 Å². The minimum absolute atomic E-state index is 0.0202. The molecule has 0 unspecified atom stereocenters. The van der Waals surface area contributed by atoms with Gasteiger partial charge in [-0.2, -0.15) is 0 Å². The molecule has 9 nitrogen and oxygen atoms in total. The molecule has 35 heavy (non-hydrogen) atoms. The predicted octanol–water partition coefficient (Wildman–Crippen LogP) is 3.45. The second-order valence-electron chi connectivity index (χ2n) is 8.54. The first kappa shape index (κ1) is 25.6. The highest BCUT2D eigenvalue weighted by molar-refractivity contribution is 6.22. The zero-order chi connectivity index (χ0) is 25.5. The quantitative estimate of drug-likeness (QED) is 0.409. The van der Waals surface area contributed by atoms with E-state index in [1.54, 1.807) is 12.1 Å². The zero-order valence-corrected chi connectivity index (χ0v) is 19.9. The molecule has 1 atom stereocenters. The minimum atomic E-state index is -1.15. The van der Waals surface area contributed by atoms with Crippen LogP contribution in [0.4, 0.5) is 5.69 Å². The van der Waals surface area contributed by atoms with Gasteiger partial charge in [0.15, 0.2) is 6.61 Å². The van der Waals surface area contributed by atoms with Crippen LogP contribution in [0.5, 0.6) is 0 Å². The maximum Gasteiger partial charge on any atom is 0.338 e. The largest absolute Gasteiger partial charge is 0.462 e.